The highest BCUT2D eigenvalue weighted by Crippen LogP contribution is 2.38. The van der Waals surface area contributed by atoms with Gasteiger partial charge in [0, 0.05) is 11.1 Å². The molecule has 1 aromatic heterocycles. The highest BCUT2D eigenvalue weighted by Gasteiger charge is 2.34. The highest BCUT2D eigenvalue weighted by molar-refractivity contribution is 7.09. The van der Waals surface area contributed by atoms with Crippen molar-refractivity contribution >= 4 is 17.0 Å². The van der Waals surface area contributed by atoms with E-state index in [1.54, 1.807) is 6.92 Å². The van der Waals surface area contributed by atoms with Gasteiger partial charge in [-0.3, -0.25) is 0 Å². The number of ether oxygens (including phenoxy) is 1. The molecule has 1 aromatic carbocycles. The molecule has 2 aromatic rings. The van der Waals surface area contributed by atoms with E-state index in [2.05, 4.69) is 10.3 Å². The Bertz CT molecular complexity index is 625. The van der Waals surface area contributed by atoms with E-state index in [1.807, 2.05) is 12.3 Å². The van der Waals surface area contributed by atoms with Gasteiger partial charge < -0.3 is 10.1 Å². The molecule has 0 aliphatic rings. The Hall–Kier alpha value is -1.76. The highest BCUT2D eigenvalue weighted by atomic mass is 32.1. The van der Waals surface area contributed by atoms with Crippen molar-refractivity contribution in [2.24, 2.45) is 0 Å². The first-order valence-corrected chi connectivity index (χ1v) is 7.13. The summed E-state index contributed by atoms with van der Waals surface area (Å²) < 4.78 is 44.2. The lowest BCUT2D eigenvalue weighted by molar-refractivity contribution is -0.137. The number of benzene rings is 1. The van der Waals surface area contributed by atoms with Crippen LogP contribution in [-0.2, 0) is 6.18 Å². The van der Waals surface area contributed by atoms with Gasteiger partial charge in [0.2, 0.25) is 0 Å². The maximum atomic E-state index is 13.1. The van der Waals surface area contributed by atoms with Crippen molar-refractivity contribution in [1.82, 2.24) is 4.98 Å². The third-order valence-electron chi connectivity index (χ3n) is 2.98. The van der Waals surface area contributed by atoms with Gasteiger partial charge in [0.1, 0.15) is 5.75 Å². The molecule has 3 nitrogen and oxygen atoms in total. The summed E-state index contributed by atoms with van der Waals surface area (Å²) in [5.74, 6) is 0.171. The van der Waals surface area contributed by atoms with Gasteiger partial charge >= 0.3 is 6.18 Å². The predicted octanol–water partition coefficient (Wildman–Crippen LogP) is 4.65. The van der Waals surface area contributed by atoms with Crippen LogP contribution in [0.25, 0.3) is 0 Å². The van der Waals surface area contributed by atoms with Gasteiger partial charge in [-0.05, 0) is 32.0 Å². The number of aromatic nitrogens is 1. The van der Waals surface area contributed by atoms with Crippen molar-refractivity contribution in [2.75, 3.05) is 12.4 Å². The topological polar surface area (TPSA) is 34.1 Å². The number of aryl methyl sites for hydroxylation is 1. The molecule has 1 unspecified atom stereocenters. The zero-order valence-corrected chi connectivity index (χ0v) is 12.6. The zero-order chi connectivity index (χ0) is 15.6. The maximum absolute atomic E-state index is 13.1. The van der Waals surface area contributed by atoms with E-state index >= 15 is 0 Å². The molecular formula is C14H15F3N2OS. The van der Waals surface area contributed by atoms with Crippen LogP contribution in [0.5, 0.6) is 5.75 Å². The minimum Gasteiger partial charge on any atom is -0.497 e. The van der Waals surface area contributed by atoms with Crippen LogP contribution in [0, 0.1) is 6.92 Å². The number of hydrogen-bond donors (Lipinski definition) is 1. The van der Waals surface area contributed by atoms with Crippen molar-refractivity contribution in [3.63, 3.8) is 0 Å². The molecule has 0 aliphatic carbocycles. The number of halogens is 3. The Kier molecular flexibility index (Phi) is 4.41. The number of nitrogens with zero attached hydrogens (tertiary/aromatic N) is 1. The average molecular weight is 316 g/mol. The van der Waals surface area contributed by atoms with Crippen molar-refractivity contribution in [2.45, 2.75) is 26.1 Å². The average Bonchev–Trinajstić information content (AvgIpc) is 2.84. The van der Waals surface area contributed by atoms with Crippen LogP contribution in [0.15, 0.2) is 23.6 Å². The molecule has 114 valence electrons. The van der Waals surface area contributed by atoms with E-state index in [-0.39, 0.29) is 17.5 Å². The zero-order valence-electron chi connectivity index (χ0n) is 11.8. The second-order valence-electron chi connectivity index (χ2n) is 4.57. The minimum atomic E-state index is -4.45. The molecule has 1 heterocycles. The number of anilines is 1. The van der Waals surface area contributed by atoms with Crippen LogP contribution in [0.4, 0.5) is 18.9 Å². The molecule has 0 spiro atoms. The molecule has 0 radical (unpaired) electrons. The van der Waals surface area contributed by atoms with Crippen LogP contribution in [0.2, 0.25) is 0 Å². The van der Waals surface area contributed by atoms with Crippen LogP contribution >= 0.6 is 11.3 Å². The number of hydrogen-bond acceptors (Lipinski definition) is 4. The SMILES string of the molecule is COc1ccc(NC(C)c2csc(C)n2)c(C(F)(F)F)c1. The quantitative estimate of drug-likeness (QED) is 0.891. The third kappa shape index (κ3) is 3.66. The molecule has 21 heavy (non-hydrogen) atoms. The van der Waals surface area contributed by atoms with Gasteiger partial charge in [-0.15, -0.1) is 11.3 Å². The summed E-state index contributed by atoms with van der Waals surface area (Å²) in [6.07, 6.45) is -4.45. The molecule has 0 fully saturated rings. The van der Waals surface area contributed by atoms with E-state index in [0.29, 0.717) is 0 Å². The first-order valence-electron chi connectivity index (χ1n) is 6.25. The number of nitrogens with one attached hydrogen (secondary N) is 1. The summed E-state index contributed by atoms with van der Waals surface area (Å²) in [5.41, 5.74) is -0.0106. The van der Waals surface area contributed by atoms with Gasteiger partial charge in [-0.2, -0.15) is 13.2 Å². The Morgan fingerprint density at radius 2 is 2.05 bits per heavy atom. The normalized spacial score (nSPS) is 13.0. The van der Waals surface area contributed by atoms with Crippen molar-refractivity contribution in [3.05, 3.63) is 39.8 Å². The number of thiazole rings is 1. The fraction of sp³-hybridized carbons (Fsp3) is 0.357. The van der Waals surface area contributed by atoms with Gasteiger partial charge in [0.15, 0.2) is 0 Å². The van der Waals surface area contributed by atoms with Crippen LogP contribution in [-0.4, -0.2) is 12.1 Å². The maximum Gasteiger partial charge on any atom is 0.418 e. The first kappa shape index (κ1) is 15.6. The molecule has 2 rings (SSSR count). The summed E-state index contributed by atoms with van der Waals surface area (Å²) in [5, 5.41) is 5.58. The van der Waals surface area contributed by atoms with Crippen LogP contribution in [0.3, 0.4) is 0 Å². The molecule has 0 aliphatic heterocycles. The summed E-state index contributed by atoms with van der Waals surface area (Å²) in [6.45, 7) is 3.63. The van der Waals surface area contributed by atoms with Crippen LogP contribution in [0.1, 0.15) is 29.2 Å². The molecule has 0 bridgehead atoms. The Balaban J connectivity index is 2.31. The molecular weight excluding hydrogens is 301 g/mol. The van der Waals surface area contributed by atoms with Gasteiger partial charge in [0.05, 0.1) is 29.4 Å². The summed E-state index contributed by atoms with van der Waals surface area (Å²) in [6, 6.07) is 3.54. The lowest BCUT2D eigenvalue weighted by Gasteiger charge is -2.19. The largest absolute Gasteiger partial charge is 0.497 e. The van der Waals surface area contributed by atoms with Crippen molar-refractivity contribution in [1.29, 1.82) is 0 Å². The first-order chi connectivity index (χ1) is 9.81. The second-order valence-corrected chi connectivity index (χ2v) is 5.63. The van der Waals surface area contributed by atoms with Crippen LogP contribution < -0.4 is 10.1 Å². The third-order valence-corrected chi connectivity index (χ3v) is 3.78. The molecule has 7 heteroatoms. The summed E-state index contributed by atoms with van der Waals surface area (Å²) in [7, 11) is 1.34. The lowest BCUT2D eigenvalue weighted by atomic mass is 10.1. The van der Waals surface area contributed by atoms with E-state index in [4.69, 9.17) is 4.74 Å². The van der Waals surface area contributed by atoms with Gasteiger partial charge in [-0.1, -0.05) is 0 Å². The number of methoxy groups -OCH3 is 1. The molecule has 0 saturated carbocycles. The van der Waals surface area contributed by atoms with Gasteiger partial charge in [-0.25, -0.2) is 4.98 Å². The number of alkyl halides is 3. The van der Waals surface area contributed by atoms with Crippen molar-refractivity contribution in [3.8, 4) is 5.75 Å². The predicted molar refractivity (Wildman–Crippen MR) is 76.9 cm³/mol. The van der Waals surface area contributed by atoms with E-state index in [9.17, 15) is 13.2 Å². The van der Waals surface area contributed by atoms with Crippen molar-refractivity contribution < 1.29 is 17.9 Å². The molecule has 1 atom stereocenters. The fourth-order valence-electron chi connectivity index (χ4n) is 1.90. The van der Waals surface area contributed by atoms with E-state index < -0.39 is 11.7 Å². The summed E-state index contributed by atoms with van der Waals surface area (Å²) in [4.78, 5) is 4.28. The molecule has 0 saturated heterocycles. The van der Waals surface area contributed by atoms with E-state index in [0.717, 1.165) is 16.8 Å². The molecule has 1 N–H and O–H groups in total. The Morgan fingerprint density at radius 1 is 1.33 bits per heavy atom. The summed E-state index contributed by atoms with van der Waals surface area (Å²) >= 11 is 1.47. The Morgan fingerprint density at radius 3 is 2.57 bits per heavy atom. The Labute approximate surface area is 124 Å². The smallest absolute Gasteiger partial charge is 0.418 e. The molecule has 0 amide bonds. The standard InChI is InChI=1S/C14H15F3N2OS/c1-8(13-7-21-9(2)19-13)18-12-5-4-10(20-3)6-11(12)14(15,16)17/h4-8,18H,1-3H3. The second kappa shape index (κ2) is 5.93. The monoisotopic (exact) mass is 316 g/mol. The lowest BCUT2D eigenvalue weighted by Crippen LogP contribution is -2.14. The van der Waals surface area contributed by atoms with E-state index in [1.165, 1.54) is 30.6 Å². The number of rotatable bonds is 4. The minimum absolute atomic E-state index is 0.0152. The van der Waals surface area contributed by atoms with Gasteiger partial charge in [0.25, 0.3) is 0 Å². The fourth-order valence-corrected chi connectivity index (χ4v) is 2.60.